The van der Waals surface area contributed by atoms with Crippen molar-refractivity contribution in [2.75, 3.05) is 0 Å². The van der Waals surface area contributed by atoms with E-state index in [9.17, 15) is 9.18 Å². The summed E-state index contributed by atoms with van der Waals surface area (Å²) < 4.78 is 15.5. The van der Waals surface area contributed by atoms with Crippen molar-refractivity contribution in [3.05, 3.63) is 53.9 Å². The van der Waals surface area contributed by atoms with Gasteiger partial charge in [0.05, 0.1) is 23.9 Å². The Morgan fingerprint density at radius 1 is 1.26 bits per heavy atom. The molecule has 0 spiro atoms. The first-order chi connectivity index (χ1) is 15.0. The predicted molar refractivity (Wildman–Crippen MR) is 108 cm³/mol. The maximum atomic E-state index is 13.6. The third-order valence-electron chi connectivity index (χ3n) is 6.76. The van der Waals surface area contributed by atoms with E-state index in [1.54, 1.807) is 24.5 Å². The normalized spacial score (nSPS) is 28.3. The van der Waals surface area contributed by atoms with Gasteiger partial charge in [-0.05, 0) is 48.4 Å². The van der Waals surface area contributed by atoms with Crippen molar-refractivity contribution in [2.24, 2.45) is 15.9 Å². The standard InChI is InChI=1S/C22H18FN7O/c23-15-5-14(7-25-8-15)19-3-4-26-30(19)20(31)22-10-21(11-22,12-22)13-29-9-18-17(28-29)2-1-16(6-24)27-18/h1-2,4-5,7-9,19H,3,10-13H2. The molecule has 1 atom stereocenters. The Balaban J connectivity index is 1.16. The molecule has 0 N–H and O–H groups in total. The van der Waals surface area contributed by atoms with Crippen LogP contribution in [-0.4, -0.2) is 36.9 Å². The van der Waals surface area contributed by atoms with Crippen molar-refractivity contribution in [3.63, 3.8) is 0 Å². The lowest BCUT2D eigenvalue weighted by atomic mass is 9.34. The lowest BCUT2D eigenvalue weighted by Crippen LogP contribution is -2.68. The molecule has 0 saturated heterocycles. The van der Waals surface area contributed by atoms with Gasteiger partial charge in [-0.1, -0.05) is 0 Å². The quantitative estimate of drug-likeness (QED) is 0.652. The van der Waals surface area contributed by atoms with Gasteiger partial charge in [-0.2, -0.15) is 15.5 Å². The highest BCUT2D eigenvalue weighted by Crippen LogP contribution is 2.74. The van der Waals surface area contributed by atoms with E-state index in [1.807, 2.05) is 16.9 Å². The summed E-state index contributed by atoms with van der Waals surface area (Å²) >= 11 is 0. The van der Waals surface area contributed by atoms with Gasteiger partial charge in [0.15, 0.2) is 0 Å². The summed E-state index contributed by atoms with van der Waals surface area (Å²) in [6.45, 7) is 0.723. The van der Waals surface area contributed by atoms with Crippen LogP contribution in [-0.2, 0) is 11.3 Å². The van der Waals surface area contributed by atoms with Gasteiger partial charge in [0.25, 0.3) is 0 Å². The van der Waals surface area contributed by atoms with E-state index in [0.29, 0.717) is 23.2 Å². The van der Waals surface area contributed by atoms with E-state index in [2.05, 4.69) is 20.2 Å². The number of aromatic nitrogens is 4. The minimum atomic E-state index is -0.413. The number of hydrazone groups is 1. The summed E-state index contributed by atoms with van der Waals surface area (Å²) in [6, 6.07) is 6.63. The summed E-state index contributed by atoms with van der Waals surface area (Å²) in [6.07, 6.45) is 9.29. The van der Waals surface area contributed by atoms with E-state index >= 15 is 0 Å². The molecule has 3 saturated carbocycles. The zero-order valence-corrected chi connectivity index (χ0v) is 16.6. The number of amides is 1. The Morgan fingerprint density at radius 2 is 2.10 bits per heavy atom. The van der Waals surface area contributed by atoms with Gasteiger partial charge in [0.2, 0.25) is 5.91 Å². The fourth-order valence-corrected chi connectivity index (χ4v) is 5.58. The molecule has 3 fully saturated rings. The van der Waals surface area contributed by atoms with Gasteiger partial charge in [-0.25, -0.2) is 14.4 Å². The number of hydrogen-bond acceptors (Lipinski definition) is 6. The smallest absolute Gasteiger partial charge is 0.249 e. The second kappa shape index (κ2) is 6.17. The SMILES string of the molecule is N#Cc1ccc2nn(CC34CC(C(=O)N5N=CCC5c5cncc(F)c5)(C3)C4)cc2n1. The maximum absolute atomic E-state index is 13.6. The average molecular weight is 415 g/mol. The molecule has 4 aliphatic rings. The van der Waals surface area contributed by atoms with Crippen LogP contribution in [0.25, 0.3) is 11.0 Å². The first-order valence-corrected chi connectivity index (χ1v) is 10.2. The second-order valence-electron chi connectivity index (χ2n) is 8.99. The zero-order chi connectivity index (χ0) is 21.2. The molecule has 1 aliphatic heterocycles. The van der Waals surface area contributed by atoms with E-state index in [0.717, 1.165) is 37.5 Å². The maximum Gasteiger partial charge on any atom is 0.249 e. The molecule has 0 aromatic carbocycles. The number of carbonyl (C=O) groups excluding carboxylic acids is 1. The molecule has 1 amide bonds. The van der Waals surface area contributed by atoms with E-state index < -0.39 is 5.82 Å². The highest BCUT2D eigenvalue weighted by Gasteiger charge is 2.72. The Labute approximate surface area is 177 Å². The highest BCUT2D eigenvalue weighted by molar-refractivity contribution is 5.88. The molecule has 3 aliphatic carbocycles. The molecule has 7 rings (SSSR count). The lowest BCUT2D eigenvalue weighted by molar-refractivity contribution is -0.223. The Morgan fingerprint density at radius 3 is 2.87 bits per heavy atom. The summed E-state index contributed by atoms with van der Waals surface area (Å²) in [7, 11) is 0. The molecular formula is C22H18FN7O. The van der Waals surface area contributed by atoms with Crippen LogP contribution in [0.1, 0.15) is 43.0 Å². The van der Waals surface area contributed by atoms with Crippen LogP contribution >= 0.6 is 0 Å². The number of carbonyl (C=O) groups is 1. The first kappa shape index (κ1) is 18.1. The first-order valence-electron chi connectivity index (χ1n) is 10.2. The van der Waals surface area contributed by atoms with E-state index in [-0.39, 0.29) is 22.8 Å². The highest BCUT2D eigenvalue weighted by atomic mass is 19.1. The fraction of sp³-hybridized carbons (Fsp3) is 0.364. The molecule has 4 heterocycles. The van der Waals surface area contributed by atoms with Crippen molar-refractivity contribution < 1.29 is 9.18 Å². The summed E-state index contributed by atoms with van der Waals surface area (Å²) in [5.74, 6) is -0.396. The largest absolute Gasteiger partial charge is 0.272 e. The molecule has 0 radical (unpaired) electrons. The van der Waals surface area contributed by atoms with Crippen molar-refractivity contribution in [1.29, 1.82) is 5.26 Å². The number of pyridine rings is 2. The lowest BCUT2D eigenvalue weighted by Gasteiger charge is -2.69. The number of hydrogen-bond donors (Lipinski definition) is 0. The van der Waals surface area contributed by atoms with Crippen LogP contribution in [0.2, 0.25) is 0 Å². The van der Waals surface area contributed by atoms with Crippen LogP contribution < -0.4 is 0 Å². The number of halogens is 1. The molecule has 3 aromatic heterocycles. The van der Waals surface area contributed by atoms with Crippen molar-refractivity contribution >= 4 is 23.2 Å². The molecule has 31 heavy (non-hydrogen) atoms. The number of rotatable bonds is 4. The van der Waals surface area contributed by atoms with Crippen LogP contribution in [0.15, 0.2) is 41.9 Å². The third-order valence-corrected chi connectivity index (χ3v) is 6.76. The Hall–Kier alpha value is -3.67. The van der Waals surface area contributed by atoms with Crippen molar-refractivity contribution in [3.8, 4) is 6.07 Å². The summed E-state index contributed by atoms with van der Waals surface area (Å²) in [4.78, 5) is 21.5. The van der Waals surface area contributed by atoms with Gasteiger partial charge in [0, 0.05) is 25.4 Å². The van der Waals surface area contributed by atoms with Gasteiger partial charge in [0.1, 0.15) is 28.6 Å². The molecule has 1 unspecified atom stereocenters. The molecule has 9 heteroatoms. The molecule has 8 nitrogen and oxygen atoms in total. The van der Waals surface area contributed by atoms with Crippen LogP contribution in [0.4, 0.5) is 4.39 Å². The van der Waals surface area contributed by atoms with Gasteiger partial charge >= 0.3 is 0 Å². The number of nitriles is 1. The third kappa shape index (κ3) is 2.68. The fourth-order valence-electron chi connectivity index (χ4n) is 5.58. The van der Waals surface area contributed by atoms with E-state index in [1.165, 1.54) is 11.1 Å². The zero-order valence-electron chi connectivity index (χ0n) is 16.6. The monoisotopic (exact) mass is 415 g/mol. The van der Waals surface area contributed by atoms with Crippen LogP contribution in [0.3, 0.4) is 0 Å². The molecule has 3 aromatic rings. The van der Waals surface area contributed by atoms with Gasteiger partial charge in [-0.15, -0.1) is 0 Å². The number of nitrogens with zero attached hydrogens (tertiary/aromatic N) is 7. The summed E-state index contributed by atoms with van der Waals surface area (Å²) in [5, 5.41) is 19.4. The summed E-state index contributed by atoms with van der Waals surface area (Å²) in [5.41, 5.74) is 2.19. The Bertz CT molecular complexity index is 1290. The Kier molecular flexibility index (Phi) is 3.61. The average Bonchev–Trinajstić information content (AvgIpc) is 3.35. The van der Waals surface area contributed by atoms with Gasteiger partial charge < -0.3 is 0 Å². The topological polar surface area (TPSA) is 100 Å². The molecule has 154 valence electrons. The van der Waals surface area contributed by atoms with Gasteiger partial charge in [-0.3, -0.25) is 14.5 Å². The predicted octanol–water partition coefficient (Wildman–Crippen LogP) is 2.97. The van der Waals surface area contributed by atoms with Crippen molar-refractivity contribution in [2.45, 2.75) is 38.3 Å². The van der Waals surface area contributed by atoms with Crippen LogP contribution in [0.5, 0.6) is 0 Å². The van der Waals surface area contributed by atoms with Crippen molar-refractivity contribution in [1.82, 2.24) is 24.8 Å². The second-order valence-corrected chi connectivity index (χ2v) is 8.99. The van der Waals surface area contributed by atoms with Crippen LogP contribution in [0, 0.1) is 28.0 Å². The molecule has 2 bridgehead atoms. The minimum absolute atomic E-state index is 0.0170. The number of fused-ring (bicyclic) bond motifs is 1. The minimum Gasteiger partial charge on any atom is -0.272 e. The molecular weight excluding hydrogens is 397 g/mol. The van der Waals surface area contributed by atoms with E-state index in [4.69, 9.17) is 5.26 Å².